The van der Waals surface area contributed by atoms with Gasteiger partial charge >= 0.3 is 5.69 Å². The molecule has 1 atom stereocenters. The van der Waals surface area contributed by atoms with Crippen LogP contribution in [-0.4, -0.2) is 22.3 Å². The van der Waals surface area contributed by atoms with Crippen LogP contribution in [0.5, 0.6) is 0 Å². The van der Waals surface area contributed by atoms with Crippen molar-refractivity contribution in [3.05, 3.63) is 28.4 Å². The third-order valence-electron chi connectivity index (χ3n) is 1.82. The highest BCUT2D eigenvalue weighted by Gasteiger charge is 2.23. The molecule has 0 N–H and O–H groups in total. The zero-order chi connectivity index (χ0) is 8.55. The lowest BCUT2D eigenvalue weighted by Crippen LogP contribution is -2.24. The van der Waals surface area contributed by atoms with Crippen LogP contribution in [0.4, 0.5) is 0 Å². The maximum absolute atomic E-state index is 11.2. The van der Waals surface area contributed by atoms with Crippen molar-refractivity contribution in [2.75, 3.05) is 6.61 Å². The van der Waals surface area contributed by atoms with Gasteiger partial charge in [-0.1, -0.05) is 0 Å². The Morgan fingerprint density at radius 2 is 2.58 bits per heavy atom. The molecule has 1 fully saturated rings. The lowest BCUT2D eigenvalue weighted by atomic mass is 10.4. The molecule has 2 heterocycles. The normalized spacial score (nSPS) is 20.9. The van der Waals surface area contributed by atoms with Gasteiger partial charge in [-0.15, -0.1) is 0 Å². The Bertz CT molecular complexity index is 341. The molecule has 1 aromatic rings. The summed E-state index contributed by atoms with van der Waals surface area (Å²) in [5.74, 6) is 0. The minimum absolute atomic E-state index is 0.189. The quantitative estimate of drug-likeness (QED) is 0.579. The number of hydrogen-bond donors (Lipinski definition) is 0. The van der Waals surface area contributed by atoms with Crippen LogP contribution in [0.1, 0.15) is 5.69 Å². The molecule has 0 spiro atoms. The first-order chi connectivity index (χ1) is 5.75. The van der Waals surface area contributed by atoms with Gasteiger partial charge in [0.15, 0.2) is 0 Å². The van der Waals surface area contributed by atoms with E-state index in [1.807, 2.05) is 6.07 Å². The molecule has 1 aliphatic heterocycles. The van der Waals surface area contributed by atoms with Crippen molar-refractivity contribution in [3.8, 4) is 0 Å². The van der Waals surface area contributed by atoms with Crippen LogP contribution >= 0.6 is 0 Å². The lowest BCUT2D eigenvalue weighted by molar-refractivity contribution is 0.378. The largest absolute Gasteiger partial charge is 0.371 e. The highest BCUT2D eigenvalue weighted by atomic mass is 16.6. The molecule has 0 aliphatic carbocycles. The van der Waals surface area contributed by atoms with Gasteiger partial charge in [0.25, 0.3) is 0 Å². The van der Waals surface area contributed by atoms with Crippen LogP contribution in [0.15, 0.2) is 17.1 Å². The molecule has 64 valence electrons. The highest BCUT2D eigenvalue weighted by molar-refractivity contribution is 4.96. The maximum Gasteiger partial charge on any atom is 0.347 e. The van der Waals surface area contributed by atoms with Crippen LogP contribution in [0, 0.1) is 6.92 Å². The molecular formula is C8H10N2O2. The van der Waals surface area contributed by atoms with Crippen molar-refractivity contribution in [1.82, 2.24) is 9.55 Å². The van der Waals surface area contributed by atoms with Crippen molar-refractivity contribution in [2.24, 2.45) is 0 Å². The Morgan fingerprint density at radius 3 is 3.17 bits per heavy atom. The minimum atomic E-state index is -0.189. The van der Waals surface area contributed by atoms with E-state index in [2.05, 4.69) is 4.98 Å². The van der Waals surface area contributed by atoms with E-state index in [9.17, 15) is 4.79 Å². The van der Waals surface area contributed by atoms with E-state index in [1.165, 1.54) is 0 Å². The molecule has 1 aromatic heterocycles. The lowest BCUT2D eigenvalue weighted by Gasteiger charge is -2.00. The molecule has 4 heteroatoms. The molecule has 0 saturated carbocycles. The smallest absolute Gasteiger partial charge is 0.347 e. The highest BCUT2D eigenvalue weighted by Crippen LogP contribution is 2.09. The van der Waals surface area contributed by atoms with Gasteiger partial charge in [0.1, 0.15) is 0 Å². The molecule has 1 saturated heterocycles. The fourth-order valence-corrected chi connectivity index (χ4v) is 1.05. The number of epoxide rings is 1. The van der Waals surface area contributed by atoms with Gasteiger partial charge in [0.2, 0.25) is 0 Å². The Morgan fingerprint density at radius 1 is 1.83 bits per heavy atom. The van der Waals surface area contributed by atoms with Gasteiger partial charge in [0.05, 0.1) is 19.3 Å². The summed E-state index contributed by atoms with van der Waals surface area (Å²) in [6.07, 6.45) is 1.99. The standard InChI is InChI=1S/C8H10N2O2/c1-6-2-3-10(8(11)9-6)4-7-5-12-7/h2-3,7H,4-5H2,1H3/t7-/m0/s1. The van der Waals surface area contributed by atoms with Crippen LogP contribution in [0.2, 0.25) is 0 Å². The van der Waals surface area contributed by atoms with Crippen LogP contribution in [-0.2, 0) is 11.3 Å². The Kier molecular flexibility index (Phi) is 1.69. The zero-order valence-electron chi connectivity index (χ0n) is 6.86. The van der Waals surface area contributed by atoms with Crippen molar-refractivity contribution in [2.45, 2.75) is 19.6 Å². The number of aromatic nitrogens is 2. The van der Waals surface area contributed by atoms with E-state index >= 15 is 0 Å². The summed E-state index contributed by atoms with van der Waals surface area (Å²) in [6, 6.07) is 1.82. The molecule has 0 unspecified atom stereocenters. The minimum Gasteiger partial charge on any atom is -0.371 e. The summed E-state index contributed by atoms with van der Waals surface area (Å²) < 4.78 is 6.58. The number of aryl methyl sites for hydroxylation is 1. The molecular weight excluding hydrogens is 156 g/mol. The summed E-state index contributed by atoms with van der Waals surface area (Å²) in [4.78, 5) is 15.0. The second kappa shape index (κ2) is 2.71. The van der Waals surface area contributed by atoms with Crippen molar-refractivity contribution >= 4 is 0 Å². The van der Waals surface area contributed by atoms with Crippen LogP contribution < -0.4 is 5.69 Å². The predicted molar refractivity (Wildman–Crippen MR) is 43.0 cm³/mol. The zero-order valence-corrected chi connectivity index (χ0v) is 6.86. The third kappa shape index (κ3) is 1.53. The maximum atomic E-state index is 11.2. The van der Waals surface area contributed by atoms with E-state index in [-0.39, 0.29) is 11.8 Å². The van der Waals surface area contributed by atoms with Gasteiger partial charge in [0, 0.05) is 11.9 Å². The first-order valence-electron chi connectivity index (χ1n) is 3.91. The van der Waals surface area contributed by atoms with Gasteiger partial charge in [-0.2, -0.15) is 4.98 Å². The summed E-state index contributed by atoms with van der Waals surface area (Å²) in [5.41, 5.74) is 0.568. The van der Waals surface area contributed by atoms with Gasteiger partial charge in [-0.3, -0.25) is 4.57 Å². The van der Waals surface area contributed by atoms with Crippen LogP contribution in [0.25, 0.3) is 0 Å². The summed E-state index contributed by atoms with van der Waals surface area (Å²) in [7, 11) is 0. The number of rotatable bonds is 2. The van der Waals surface area contributed by atoms with Gasteiger partial charge in [-0.05, 0) is 13.0 Å². The van der Waals surface area contributed by atoms with E-state index < -0.39 is 0 Å². The molecule has 0 aromatic carbocycles. The first-order valence-corrected chi connectivity index (χ1v) is 3.91. The molecule has 0 amide bonds. The van der Waals surface area contributed by atoms with E-state index in [4.69, 9.17) is 4.74 Å². The second-order valence-electron chi connectivity index (χ2n) is 2.96. The fraction of sp³-hybridized carbons (Fsp3) is 0.500. The topological polar surface area (TPSA) is 47.4 Å². The first kappa shape index (κ1) is 7.49. The van der Waals surface area contributed by atoms with Gasteiger partial charge in [-0.25, -0.2) is 4.79 Å². The third-order valence-corrected chi connectivity index (χ3v) is 1.82. The van der Waals surface area contributed by atoms with Gasteiger partial charge < -0.3 is 4.74 Å². The summed E-state index contributed by atoms with van der Waals surface area (Å²) in [6.45, 7) is 3.20. The molecule has 2 rings (SSSR count). The van der Waals surface area contributed by atoms with E-state index in [0.29, 0.717) is 6.54 Å². The fourth-order valence-electron chi connectivity index (χ4n) is 1.05. The SMILES string of the molecule is Cc1ccn(C[C@H]2CO2)c(=O)n1. The number of ether oxygens (including phenoxy) is 1. The van der Waals surface area contributed by atoms with Crippen LogP contribution in [0.3, 0.4) is 0 Å². The predicted octanol–water partition coefficient (Wildman–Crippen LogP) is -0.0495. The molecule has 12 heavy (non-hydrogen) atoms. The monoisotopic (exact) mass is 166 g/mol. The average molecular weight is 166 g/mol. The molecule has 0 bridgehead atoms. The Labute approximate surface area is 69.8 Å². The number of nitrogens with zero attached hydrogens (tertiary/aromatic N) is 2. The number of hydrogen-bond acceptors (Lipinski definition) is 3. The molecule has 0 radical (unpaired) electrons. The van der Waals surface area contributed by atoms with Crippen molar-refractivity contribution < 1.29 is 4.74 Å². The molecule has 1 aliphatic rings. The molecule has 4 nitrogen and oxygen atoms in total. The summed E-state index contributed by atoms with van der Waals surface area (Å²) in [5, 5.41) is 0. The van der Waals surface area contributed by atoms with E-state index in [0.717, 1.165) is 12.3 Å². The van der Waals surface area contributed by atoms with Crippen molar-refractivity contribution in [3.63, 3.8) is 0 Å². The second-order valence-corrected chi connectivity index (χ2v) is 2.96. The Balaban J connectivity index is 2.24. The Hall–Kier alpha value is -1.16. The van der Waals surface area contributed by atoms with Crippen molar-refractivity contribution in [1.29, 1.82) is 0 Å². The average Bonchev–Trinajstić information content (AvgIpc) is 2.79. The van der Waals surface area contributed by atoms with E-state index in [1.54, 1.807) is 17.7 Å². The summed E-state index contributed by atoms with van der Waals surface area (Å²) >= 11 is 0.